The summed E-state index contributed by atoms with van der Waals surface area (Å²) >= 11 is 7.00. The maximum absolute atomic E-state index is 12.0. The average Bonchev–Trinajstić information content (AvgIpc) is 3.40. The highest BCUT2D eigenvalue weighted by atomic mass is 35.5. The highest BCUT2D eigenvalue weighted by molar-refractivity contribution is 6.35. The fraction of sp³-hybridized carbons (Fsp3) is 0.552. The SMILES string of the molecule is C=CC(=O)N1CC2(CC(n3nc(N4CCCC45CCOCC5)c(-c4c(Cl)c(C)cc(N)c4C=N)c3C)C2)C1. The summed E-state index contributed by atoms with van der Waals surface area (Å²) in [6, 6.07) is 2.12. The molecule has 4 fully saturated rings. The molecule has 8 nitrogen and oxygen atoms in total. The van der Waals surface area contributed by atoms with Gasteiger partial charge in [-0.05, 0) is 70.1 Å². The molecule has 3 saturated heterocycles. The van der Waals surface area contributed by atoms with Gasteiger partial charge in [-0.2, -0.15) is 5.10 Å². The molecule has 2 spiro atoms. The number of hydrogen-bond acceptors (Lipinski definition) is 6. The Morgan fingerprint density at radius 2 is 1.95 bits per heavy atom. The molecule has 1 amide bonds. The van der Waals surface area contributed by atoms with Crippen LogP contribution in [0.3, 0.4) is 0 Å². The van der Waals surface area contributed by atoms with E-state index in [1.165, 1.54) is 12.3 Å². The van der Waals surface area contributed by atoms with Gasteiger partial charge in [0.1, 0.15) is 0 Å². The van der Waals surface area contributed by atoms with E-state index in [9.17, 15) is 4.79 Å². The van der Waals surface area contributed by atoms with Crippen LogP contribution in [0.5, 0.6) is 0 Å². The first-order chi connectivity index (χ1) is 18.2. The Morgan fingerprint density at radius 3 is 2.61 bits per heavy atom. The van der Waals surface area contributed by atoms with Crippen molar-refractivity contribution in [3.8, 4) is 11.1 Å². The molecule has 0 bridgehead atoms. The van der Waals surface area contributed by atoms with Gasteiger partial charge >= 0.3 is 0 Å². The van der Waals surface area contributed by atoms with Gasteiger partial charge in [-0.3, -0.25) is 9.48 Å². The summed E-state index contributed by atoms with van der Waals surface area (Å²) in [6.45, 7) is 11.8. The molecule has 3 N–H and O–H groups in total. The van der Waals surface area contributed by atoms with E-state index in [1.54, 1.807) is 0 Å². The lowest BCUT2D eigenvalue weighted by Gasteiger charge is -2.58. The molecule has 2 aromatic rings. The average molecular weight is 537 g/mol. The van der Waals surface area contributed by atoms with Crippen molar-refractivity contribution in [3.05, 3.63) is 40.6 Å². The molecule has 6 rings (SSSR count). The van der Waals surface area contributed by atoms with Crippen LogP contribution in [0, 0.1) is 24.7 Å². The molecule has 0 unspecified atom stereocenters. The molecular formula is C29H37ClN6O2. The van der Waals surface area contributed by atoms with E-state index in [2.05, 4.69) is 23.1 Å². The zero-order valence-electron chi connectivity index (χ0n) is 22.4. The monoisotopic (exact) mass is 536 g/mol. The van der Waals surface area contributed by atoms with Crippen LogP contribution >= 0.6 is 11.6 Å². The fourth-order valence-corrected chi connectivity index (χ4v) is 7.79. The Labute approximate surface area is 229 Å². The maximum atomic E-state index is 12.0. The number of ether oxygens (including phenoxy) is 1. The van der Waals surface area contributed by atoms with E-state index in [0.29, 0.717) is 16.3 Å². The third-order valence-corrected chi connectivity index (χ3v) is 10.0. The molecule has 1 aromatic heterocycles. The number of amides is 1. The van der Waals surface area contributed by atoms with Gasteiger partial charge in [0.15, 0.2) is 5.82 Å². The lowest BCUT2D eigenvalue weighted by Crippen LogP contribution is -2.63. The number of nitrogen functional groups attached to an aromatic ring is 1. The number of rotatable bonds is 5. The number of nitrogens with two attached hydrogens (primary N) is 1. The summed E-state index contributed by atoms with van der Waals surface area (Å²) in [5, 5.41) is 14.2. The first-order valence-corrected chi connectivity index (χ1v) is 14.1. The molecule has 4 aliphatic rings. The van der Waals surface area contributed by atoms with Crippen LogP contribution in [0.2, 0.25) is 5.02 Å². The summed E-state index contributed by atoms with van der Waals surface area (Å²) in [5.74, 6) is 0.968. The van der Waals surface area contributed by atoms with Crippen LogP contribution in [-0.2, 0) is 9.53 Å². The van der Waals surface area contributed by atoms with Crippen molar-refractivity contribution in [2.45, 2.75) is 64.0 Å². The van der Waals surface area contributed by atoms with E-state index in [0.717, 1.165) is 99.6 Å². The molecule has 202 valence electrons. The number of benzene rings is 1. The number of nitrogens with one attached hydrogen (secondary N) is 1. The quantitative estimate of drug-likeness (QED) is 0.321. The second-order valence-electron chi connectivity index (χ2n) is 11.8. The Balaban J connectivity index is 1.44. The number of likely N-dealkylation sites (tertiary alicyclic amines) is 1. The number of carbonyl (C=O) groups excluding carboxylic acids is 1. The lowest BCUT2D eigenvalue weighted by molar-refractivity contribution is -0.149. The number of aryl methyl sites for hydroxylation is 1. The van der Waals surface area contributed by atoms with Gasteiger partial charge in [-0.1, -0.05) is 18.2 Å². The van der Waals surface area contributed by atoms with Crippen molar-refractivity contribution in [1.82, 2.24) is 14.7 Å². The minimum absolute atomic E-state index is 0.0144. The summed E-state index contributed by atoms with van der Waals surface area (Å²) in [6.07, 6.45) is 8.93. The van der Waals surface area contributed by atoms with Crippen LogP contribution in [0.25, 0.3) is 11.1 Å². The van der Waals surface area contributed by atoms with Crippen molar-refractivity contribution in [1.29, 1.82) is 5.41 Å². The summed E-state index contributed by atoms with van der Waals surface area (Å²) in [7, 11) is 0. The summed E-state index contributed by atoms with van der Waals surface area (Å²) < 4.78 is 7.95. The third kappa shape index (κ3) is 3.71. The van der Waals surface area contributed by atoms with Crippen LogP contribution < -0.4 is 10.6 Å². The zero-order chi connectivity index (χ0) is 26.8. The molecule has 0 radical (unpaired) electrons. The Hall–Kier alpha value is -2.84. The van der Waals surface area contributed by atoms with Gasteiger partial charge in [-0.25, -0.2) is 0 Å². The lowest BCUT2D eigenvalue weighted by atomic mass is 9.60. The molecule has 1 saturated carbocycles. The minimum Gasteiger partial charge on any atom is -0.398 e. The number of halogens is 1. The maximum Gasteiger partial charge on any atom is 0.245 e. The smallest absolute Gasteiger partial charge is 0.245 e. The molecule has 1 aliphatic carbocycles. The van der Waals surface area contributed by atoms with E-state index < -0.39 is 0 Å². The van der Waals surface area contributed by atoms with Gasteiger partial charge in [0.05, 0.1) is 11.1 Å². The first-order valence-electron chi connectivity index (χ1n) is 13.7. The number of anilines is 2. The van der Waals surface area contributed by atoms with Crippen molar-refractivity contribution in [3.63, 3.8) is 0 Å². The van der Waals surface area contributed by atoms with Gasteiger partial charge in [0.2, 0.25) is 5.91 Å². The van der Waals surface area contributed by atoms with Crippen molar-refractivity contribution in [2.24, 2.45) is 5.41 Å². The number of nitrogens with zero attached hydrogens (tertiary/aromatic N) is 4. The van der Waals surface area contributed by atoms with E-state index in [1.807, 2.05) is 17.9 Å². The molecule has 4 heterocycles. The predicted octanol–water partition coefficient (Wildman–Crippen LogP) is 4.90. The highest BCUT2D eigenvalue weighted by Crippen LogP contribution is 2.56. The van der Waals surface area contributed by atoms with Crippen LogP contribution in [0.1, 0.15) is 61.4 Å². The van der Waals surface area contributed by atoms with E-state index in [4.69, 9.17) is 32.6 Å². The fourth-order valence-electron chi connectivity index (χ4n) is 7.53. The van der Waals surface area contributed by atoms with Gasteiger partial charge in [0, 0.05) is 78.1 Å². The number of carbonyl (C=O) groups is 1. The van der Waals surface area contributed by atoms with Crippen LogP contribution in [0.15, 0.2) is 18.7 Å². The van der Waals surface area contributed by atoms with Gasteiger partial charge in [0.25, 0.3) is 0 Å². The van der Waals surface area contributed by atoms with Crippen LogP contribution in [-0.4, -0.2) is 65.2 Å². The summed E-state index contributed by atoms with van der Waals surface area (Å²) in [5.41, 5.74) is 11.6. The number of hydrogen-bond donors (Lipinski definition) is 2. The molecule has 3 aliphatic heterocycles. The Kier molecular flexibility index (Phi) is 6.11. The molecule has 38 heavy (non-hydrogen) atoms. The molecular weight excluding hydrogens is 500 g/mol. The Bertz CT molecular complexity index is 1310. The second kappa shape index (κ2) is 9.12. The molecule has 9 heteroatoms. The second-order valence-corrected chi connectivity index (χ2v) is 12.2. The number of aromatic nitrogens is 2. The van der Waals surface area contributed by atoms with Crippen molar-refractivity contribution in [2.75, 3.05) is 43.5 Å². The Morgan fingerprint density at radius 1 is 1.24 bits per heavy atom. The predicted molar refractivity (Wildman–Crippen MR) is 151 cm³/mol. The molecule has 0 atom stereocenters. The topological polar surface area (TPSA) is 100 Å². The van der Waals surface area contributed by atoms with Crippen molar-refractivity contribution < 1.29 is 9.53 Å². The van der Waals surface area contributed by atoms with Crippen molar-refractivity contribution >= 4 is 35.2 Å². The minimum atomic E-state index is 0.0144. The standard InChI is InChI=1S/C29H37ClN6O2/c1-4-23(37)34-16-28(17-34)13-20(14-28)36-19(3)24(25-21(15-31)22(32)12-18(2)26(25)30)27(33-36)35-9-5-6-29(35)7-10-38-11-8-29/h4,12,15,20,31H,1,5-11,13-14,16-17,32H2,2-3H3. The normalized spacial score (nSPS) is 22.0. The molecule has 1 aromatic carbocycles. The van der Waals surface area contributed by atoms with Gasteiger partial charge < -0.3 is 25.7 Å². The van der Waals surface area contributed by atoms with E-state index in [-0.39, 0.29) is 22.9 Å². The third-order valence-electron chi connectivity index (χ3n) is 9.54. The first kappa shape index (κ1) is 25.4. The van der Waals surface area contributed by atoms with E-state index >= 15 is 0 Å². The largest absolute Gasteiger partial charge is 0.398 e. The van der Waals surface area contributed by atoms with Gasteiger partial charge in [-0.15, -0.1) is 0 Å². The highest BCUT2D eigenvalue weighted by Gasteiger charge is 2.55. The zero-order valence-corrected chi connectivity index (χ0v) is 23.1. The van der Waals surface area contributed by atoms with Crippen LogP contribution in [0.4, 0.5) is 11.5 Å². The summed E-state index contributed by atoms with van der Waals surface area (Å²) in [4.78, 5) is 16.4.